The van der Waals surface area contributed by atoms with Gasteiger partial charge in [0.25, 0.3) is 5.69 Å². The summed E-state index contributed by atoms with van der Waals surface area (Å²) < 4.78 is 7.36. The molecule has 1 aromatic carbocycles. The van der Waals surface area contributed by atoms with Gasteiger partial charge in [0, 0.05) is 44.4 Å². The first-order chi connectivity index (χ1) is 17.4. The van der Waals surface area contributed by atoms with Crippen LogP contribution in [-0.4, -0.2) is 62.1 Å². The Hall–Kier alpha value is -4.02. The number of amides is 2. The van der Waals surface area contributed by atoms with Crippen LogP contribution in [0.5, 0.6) is 0 Å². The average molecular weight is 495 g/mol. The topological polar surface area (TPSA) is 132 Å². The standard InChI is InChI=1S/C25H30N6O5/c1-3-36-24(32)21(14-18-4-6-20(7-5-18)31(34)35)28-25(33)29-12-9-19(10-13-29)16-30-17(2)27-22-15-26-11-8-23(22)30/h4-8,11,15,19,21H,3,9-10,12-14,16H2,1-2H3,(H,28,33). The molecule has 0 spiro atoms. The van der Waals surface area contributed by atoms with Crippen molar-refractivity contribution in [3.8, 4) is 0 Å². The van der Waals surface area contributed by atoms with Crippen molar-refractivity contribution < 1.29 is 19.2 Å². The molecule has 1 fully saturated rings. The van der Waals surface area contributed by atoms with E-state index in [1.165, 1.54) is 12.1 Å². The number of aromatic nitrogens is 3. The summed E-state index contributed by atoms with van der Waals surface area (Å²) in [6, 6.07) is 6.70. The van der Waals surface area contributed by atoms with Gasteiger partial charge in [-0.2, -0.15) is 0 Å². The minimum absolute atomic E-state index is 0.0334. The number of non-ortho nitro benzene ring substituents is 1. The lowest BCUT2D eigenvalue weighted by atomic mass is 9.96. The van der Waals surface area contributed by atoms with Crippen molar-refractivity contribution in [2.45, 2.75) is 45.7 Å². The summed E-state index contributed by atoms with van der Waals surface area (Å²) in [5, 5.41) is 13.7. The van der Waals surface area contributed by atoms with Crippen LogP contribution in [-0.2, 0) is 22.5 Å². The Balaban J connectivity index is 1.35. The van der Waals surface area contributed by atoms with E-state index in [0.29, 0.717) is 24.6 Å². The molecule has 0 saturated carbocycles. The van der Waals surface area contributed by atoms with E-state index in [4.69, 9.17) is 4.74 Å². The fourth-order valence-corrected chi connectivity index (χ4v) is 4.58. The summed E-state index contributed by atoms with van der Waals surface area (Å²) in [5.41, 5.74) is 2.60. The third-order valence-corrected chi connectivity index (χ3v) is 6.54. The highest BCUT2D eigenvalue weighted by atomic mass is 16.6. The number of hydrogen-bond acceptors (Lipinski definition) is 7. The van der Waals surface area contributed by atoms with E-state index in [9.17, 15) is 19.7 Å². The van der Waals surface area contributed by atoms with Gasteiger partial charge in [0.1, 0.15) is 17.4 Å². The van der Waals surface area contributed by atoms with E-state index >= 15 is 0 Å². The van der Waals surface area contributed by atoms with Gasteiger partial charge in [0.2, 0.25) is 0 Å². The van der Waals surface area contributed by atoms with Gasteiger partial charge in [-0.1, -0.05) is 12.1 Å². The van der Waals surface area contributed by atoms with Crippen molar-refractivity contribution in [3.05, 3.63) is 64.2 Å². The Morgan fingerprint density at radius 3 is 2.61 bits per heavy atom. The van der Waals surface area contributed by atoms with Crippen molar-refractivity contribution in [2.75, 3.05) is 19.7 Å². The molecule has 1 atom stereocenters. The lowest BCUT2D eigenvalue weighted by molar-refractivity contribution is -0.384. The van der Waals surface area contributed by atoms with Crippen molar-refractivity contribution in [1.82, 2.24) is 24.8 Å². The molecule has 36 heavy (non-hydrogen) atoms. The minimum Gasteiger partial charge on any atom is -0.464 e. The molecule has 4 rings (SSSR count). The molecule has 0 bridgehead atoms. The van der Waals surface area contributed by atoms with E-state index in [-0.39, 0.29) is 24.7 Å². The maximum Gasteiger partial charge on any atom is 0.329 e. The summed E-state index contributed by atoms with van der Waals surface area (Å²) in [7, 11) is 0. The average Bonchev–Trinajstić information content (AvgIpc) is 3.19. The number of aryl methyl sites for hydroxylation is 1. The molecule has 1 N–H and O–H groups in total. The van der Waals surface area contributed by atoms with Crippen LogP contribution in [0.1, 0.15) is 31.2 Å². The minimum atomic E-state index is -0.884. The second kappa shape index (κ2) is 11.1. The second-order valence-corrected chi connectivity index (χ2v) is 8.95. The van der Waals surface area contributed by atoms with E-state index in [0.717, 1.165) is 36.2 Å². The quantitative estimate of drug-likeness (QED) is 0.289. The van der Waals surface area contributed by atoms with Crippen LogP contribution in [0, 0.1) is 23.0 Å². The number of carbonyl (C=O) groups is 2. The third kappa shape index (κ3) is 5.78. The fourth-order valence-electron chi connectivity index (χ4n) is 4.58. The van der Waals surface area contributed by atoms with Crippen LogP contribution in [0.15, 0.2) is 42.7 Å². The van der Waals surface area contributed by atoms with Gasteiger partial charge < -0.3 is 19.5 Å². The first-order valence-corrected chi connectivity index (χ1v) is 12.1. The van der Waals surface area contributed by atoms with E-state index < -0.39 is 16.9 Å². The van der Waals surface area contributed by atoms with Crippen LogP contribution < -0.4 is 5.32 Å². The van der Waals surface area contributed by atoms with Crippen molar-refractivity contribution in [3.63, 3.8) is 0 Å². The van der Waals surface area contributed by atoms with E-state index in [1.54, 1.807) is 36.4 Å². The van der Waals surface area contributed by atoms with Crippen LogP contribution in [0.3, 0.4) is 0 Å². The largest absolute Gasteiger partial charge is 0.464 e. The maximum atomic E-state index is 13.0. The summed E-state index contributed by atoms with van der Waals surface area (Å²) in [5.74, 6) is 0.817. The SMILES string of the molecule is CCOC(=O)C(Cc1ccc([N+](=O)[O-])cc1)NC(=O)N1CCC(Cn2c(C)nc3cnccc32)CC1. The first kappa shape index (κ1) is 25.1. The molecule has 2 aromatic heterocycles. The van der Waals surface area contributed by atoms with Gasteiger partial charge >= 0.3 is 12.0 Å². The summed E-state index contributed by atoms with van der Waals surface area (Å²) in [6.45, 7) is 5.87. The number of nitro groups is 1. The number of ether oxygens (including phenoxy) is 1. The monoisotopic (exact) mass is 494 g/mol. The number of nitro benzene ring substituents is 1. The molecule has 11 heteroatoms. The molecule has 2 amide bonds. The van der Waals surface area contributed by atoms with Crippen LogP contribution in [0.2, 0.25) is 0 Å². The predicted octanol–water partition coefficient (Wildman–Crippen LogP) is 3.24. The van der Waals surface area contributed by atoms with Crippen LogP contribution >= 0.6 is 0 Å². The first-order valence-electron chi connectivity index (χ1n) is 12.1. The zero-order valence-corrected chi connectivity index (χ0v) is 20.4. The number of hydrogen-bond donors (Lipinski definition) is 1. The zero-order chi connectivity index (χ0) is 25.7. The number of nitrogens with one attached hydrogen (secondary N) is 1. The molecule has 0 radical (unpaired) electrons. The Kier molecular flexibility index (Phi) is 7.77. The Morgan fingerprint density at radius 2 is 1.94 bits per heavy atom. The van der Waals surface area contributed by atoms with Gasteiger partial charge in [-0.25, -0.2) is 14.6 Å². The summed E-state index contributed by atoms with van der Waals surface area (Å²) >= 11 is 0. The molecular weight excluding hydrogens is 464 g/mol. The molecule has 3 aromatic rings. The fraction of sp³-hybridized carbons (Fsp3) is 0.440. The molecule has 1 aliphatic heterocycles. The summed E-state index contributed by atoms with van der Waals surface area (Å²) in [4.78, 5) is 46.4. The van der Waals surface area contributed by atoms with Gasteiger partial charge in [-0.05, 0) is 44.2 Å². The molecule has 3 heterocycles. The van der Waals surface area contributed by atoms with E-state index in [1.807, 2.05) is 13.0 Å². The molecule has 190 valence electrons. The Labute approximate surface area is 208 Å². The number of fused-ring (bicyclic) bond motifs is 1. The normalized spacial score (nSPS) is 15.0. The number of rotatable bonds is 8. The van der Waals surface area contributed by atoms with Gasteiger partial charge in [0.05, 0.1) is 23.2 Å². The number of urea groups is 1. The molecule has 0 aliphatic carbocycles. The lowest BCUT2D eigenvalue weighted by Gasteiger charge is -2.33. The Bertz CT molecular complexity index is 1230. The smallest absolute Gasteiger partial charge is 0.329 e. The lowest BCUT2D eigenvalue weighted by Crippen LogP contribution is -2.51. The number of esters is 1. The van der Waals surface area contributed by atoms with Crippen molar-refractivity contribution in [2.24, 2.45) is 5.92 Å². The molecule has 1 aliphatic rings. The van der Waals surface area contributed by atoms with Gasteiger partial charge in [0.15, 0.2) is 0 Å². The number of carbonyl (C=O) groups excluding carboxylic acids is 2. The highest BCUT2D eigenvalue weighted by Gasteiger charge is 2.28. The summed E-state index contributed by atoms with van der Waals surface area (Å²) in [6.07, 6.45) is 5.39. The molecule has 1 saturated heterocycles. The Morgan fingerprint density at radius 1 is 1.22 bits per heavy atom. The number of likely N-dealkylation sites (tertiary alicyclic amines) is 1. The highest BCUT2D eigenvalue weighted by molar-refractivity contribution is 5.84. The van der Waals surface area contributed by atoms with Crippen molar-refractivity contribution in [1.29, 1.82) is 0 Å². The second-order valence-electron chi connectivity index (χ2n) is 8.95. The molecular formula is C25H30N6O5. The van der Waals surface area contributed by atoms with Gasteiger partial charge in [-0.3, -0.25) is 15.1 Å². The third-order valence-electron chi connectivity index (χ3n) is 6.54. The molecule has 1 unspecified atom stereocenters. The van der Waals surface area contributed by atoms with Crippen molar-refractivity contribution >= 4 is 28.7 Å². The highest BCUT2D eigenvalue weighted by Crippen LogP contribution is 2.23. The maximum absolute atomic E-state index is 13.0. The number of pyridine rings is 1. The number of piperidine rings is 1. The van der Waals surface area contributed by atoms with E-state index in [2.05, 4.69) is 19.9 Å². The molecule has 11 nitrogen and oxygen atoms in total. The number of benzene rings is 1. The van der Waals surface area contributed by atoms with Crippen LogP contribution in [0.4, 0.5) is 10.5 Å². The number of nitrogens with zero attached hydrogens (tertiary/aromatic N) is 5. The van der Waals surface area contributed by atoms with Gasteiger partial charge in [-0.15, -0.1) is 0 Å². The predicted molar refractivity (Wildman–Crippen MR) is 132 cm³/mol. The zero-order valence-electron chi connectivity index (χ0n) is 20.4. The van der Waals surface area contributed by atoms with Crippen LogP contribution in [0.25, 0.3) is 11.0 Å². The number of imidazole rings is 1.